The third-order valence-corrected chi connectivity index (χ3v) is 5.51. The lowest BCUT2D eigenvalue weighted by Crippen LogP contribution is -2.51. The van der Waals surface area contributed by atoms with Crippen molar-refractivity contribution in [3.8, 4) is 0 Å². The molecule has 2 aliphatic rings. The van der Waals surface area contributed by atoms with Gasteiger partial charge in [-0.3, -0.25) is 4.79 Å². The van der Waals surface area contributed by atoms with Crippen molar-refractivity contribution in [1.29, 1.82) is 0 Å². The average molecular weight is 414 g/mol. The van der Waals surface area contributed by atoms with E-state index >= 15 is 0 Å². The first kappa shape index (κ1) is 19.3. The number of amides is 1. The van der Waals surface area contributed by atoms with Crippen LogP contribution in [0, 0.1) is 0 Å². The smallest absolute Gasteiger partial charge is 0.331 e. The Kier molecular flexibility index (Phi) is 5.19. The second-order valence-electron chi connectivity index (χ2n) is 7.10. The van der Waals surface area contributed by atoms with Gasteiger partial charge in [-0.2, -0.15) is 0 Å². The zero-order chi connectivity index (χ0) is 20.4. The summed E-state index contributed by atoms with van der Waals surface area (Å²) < 4.78 is 0. The highest BCUT2D eigenvalue weighted by molar-refractivity contribution is 6.33. The van der Waals surface area contributed by atoms with Crippen molar-refractivity contribution in [1.82, 2.24) is 19.8 Å². The maximum Gasteiger partial charge on any atom is 0.331 e. The van der Waals surface area contributed by atoms with Gasteiger partial charge in [0.25, 0.3) is 5.91 Å². The quantitative estimate of drug-likeness (QED) is 0.607. The molecule has 0 spiro atoms. The Bertz CT molecular complexity index is 954. The number of rotatable bonds is 4. The van der Waals surface area contributed by atoms with E-state index in [0.717, 1.165) is 0 Å². The molecule has 1 aliphatic heterocycles. The van der Waals surface area contributed by atoms with Crippen LogP contribution in [0.1, 0.15) is 29.0 Å². The molecular weight excluding hydrogens is 394 g/mol. The molecule has 1 N–H and O–H groups in total. The summed E-state index contributed by atoms with van der Waals surface area (Å²) in [7, 11) is 0. The lowest BCUT2D eigenvalue weighted by Gasteiger charge is -2.36. The number of carbonyl (C=O) groups is 2. The van der Waals surface area contributed by atoms with Crippen molar-refractivity contribution >= 4 is 29.3 Å². The van der Waals surface area contributed by atoms with Crippen LogP contribution in [0.5, 0.6) is 0 Å². The van der Waals surface area contributed by atoms with E-state index in [1.54, 1.807) is 47.6 Å². The Balaban J connectivity index is 1.53. The zero-order valence-corrected chi connectivity index (χ0v) is 16.4. The lowest BCUT2D eigenvalue weighted by atomic mass is 10.1. The van der Waals surface area contributed by atoms with Crippen molar-refractivity contribution in [2.75, 3.05) is 26.2 Å². The first-order valence-electron chi connectivity index (χ1n) is 9.39. The Hall–Kier alpha value is -3.00. The number of amidine groups is 1. The van der Waals surface area contributed by atoms with Crippen LogP contribution in [0.4, 0.5) is 0 Å². The molecule has 0 unspecified atom stereocenters. The van der Waals surface area contributed by atoms with Crippen molar-refractivity contribution in [2.45, 2.75) is 18.4 Å². The number of benzene rings is 1. The molecule has 0 bridgehead atoms. The zero-order valence-electron chi connectivity index (χ0n) is 15.7. The van der Waals surface area contributed by atoms with Crippen LogP contribution in [-0.4, -0.2) is 74.3 Å². The van der Waals surface area contributed by atoms with Gasteiger partial charge in [0, 0.05) is 38.6 Å². The topological polar surface area (TPSA) is 99.0 Å². The van der Waals surface area contributed by atoms with E-state index < -0.39 is 11.5 Å². The molecule has 1 aromatic heterocycles. The molecule has 29 heavy (non-hydrogen) atoms. The van der Waals surface area contributed by atoms with Crippen LogP contribution >= 0.6 is 11.6 Å². The van der Waals surface area contributed by atoms with Gasteiger partial charge in [0.05, 0.1) is 10.6 Å². The van der Waals surface area contributed by atoms with Crippen LogP contribution in [0.2, 0.25) is 5.02 Å². The molecule has 2 heterocycles. The second kappa shape index (κ2) is 7.79. The van der Waals surface area contributed by atoms with Crippen molar-refractivity contribution < 1.29 is 14.7 Å². The Labute approximate surface area is 172 Å². The van der Waals surface area contributed by atoms with Gasteiger partial charge >= 0.3 is 5.97 Å². The fraction of sp³-hybridized carbons (Fsp3) is 0.350. The molecule has 9 heteroatoms. The van der Waals surface area contributed by atoms with E-state index in [-0.39, 0.29) is 5.91 Å². The minimum atomic E-state index is -1.08. The summed E-state index contributed by atoms with van der Waals surface area (Å²) in [5.41, 5.74) is -0.607. The van der Waals surface area contributed by atoms with E-state index in [0.29, 0.717) is 61.3 Å². The van der Waals surface area contributed by atoms with E-state index in [1.807, 2.05) is 4.90 Å². The Morgan fingerprint density at radius 3 is 2.21 bits per heavy atom. The molecule has 1 aromatic carbocycles. The molecule has 2 aromatic rings. The normalized spacial score (nSPS) is 18.4. The summed E-state index contributed by atoms with van der Waals surface area (Å²) in [6.45, 7) is 1.94. The molecule has 1 saturated heterocycles. The third-order valence-electron chi connectivity index (χ3n) is 5.18. The average Bonchev–Trinajstić information content (AvgIpc) is 3.54. The summed E-state index contributed by atoms with van der Waals surface area (Å²) in [6.07, 6.45) is 4.22. The van der Waals surface area contributed by atoms with Gasteiger partial charge in [-0.15, -0.1) is 0 Å². The number of carboxylic acids is 1. The molecule has 150 valence electrons. The number of aromatic nitrogens is 2. The number of piperazine rings is 1. The number of carbonyl (C=O) groups excluding carboxylic acids is 1. The third kappa shape index (κ3) is 3.93. The van der Waals surface area contributed by atoms with Crippen LogP contribution in [0.3, 0.4) is 0 Å². The summed E-state index contributed by atoms with van der Waals surface area (Å²) >= 11 is 6.16. The number of halogens is 1. The van der Waals surface area contributed by atoms with Crippen LogP contribution in [0.25, 0.3) is 0 Å². The first-order valence-corrected chi connectivity index (χ1v) is 9.77. The van der Waals surface area contributed by atoms with Gasteiger partial charge in [-0.1, -0.05) is 23.7 Å². The largest absolute Gasteiger partial charge is 0.479 e. The molecule has 1 saturated carbocycles. The van der Waals surface area contributed by atoms with E-state index in [1.165, 1.54) is 0 Å². The monoisotopic (exact) mass is 413 g/mol. The van der Waals surface area contributed by atoms with Crippen molar-refractivity contribution in [2.24, 2.45) is 4.99 Å². The summed E-state index contributed by atoms with van der Waals surface area (Å²) in [4.78, 5) is 41.2. The van der Waals surface area contributed by atoms with Crippen LogP contribution < -0.4 is 0 Å². The number of aliphatic carboxylic acids is 1. The molecule has 0 atom stereocenters. The first-order chi connectivity index (χ1) is 14.0. The van der Waals surface area contributed by atoms with E-state index in [2.05, 4.69) is 15.0 Å². The van der Waals surface area contributed by atoms with Crippen molar-refractivity contribution in [3.05, 3.63) is 59.1 Å². The fourth-order valence-corrected chi connectivity index (χ4v) is 3.51. The molecule has 1 amide bonds. The highest BCUT2D eigenvalue weighted by Crippen LogP contribution is 2.40. The molecule has 0 radical (unpaired) electrons. The minimum absolute atomic E-state index is 0.117. The highest BCUT2D eigenvalue weighted by Gasteiger charge is 2.51. The van der Waals surface area contributed by atoms with Gasteiger partial charge in [0.2, 0.25) is 0 Å². The van der Waals surface area contributed by atoms with Crippen LogP contribution in [0.15, 0.2) is 47.7 Å². The summed E-state index contributed by atoms with van der Waals surface area (Å²) in [6, 6.07) is 8.68. The molecule has 1 aliphatic carbocycles. The lowest BCUT2D eigenvalue weighted by molar-refractivity contribution is -0.139. The van der Waals surface area contributed by atoms with Gasteiger partial charge in [-0.25, -0.2) is 19.8 Å². The van der Waals surface area contributed by atoms with Gasteiger partial charge < -0.3 is 14.9 Å². The van der Waals surface area contributed by atoms with Gasteiger partial charge in [-0.05, 0) is 31.0 Å². The summed E-state index contributed by atoms with van der Waals surface area (Å²) in [5.74, 6) is -0.186. The number of hydrogen-bond donors (Lipinski definition) is 1. The van der Waals surface area contributed by atoms with E-state index in [4.69, 9.17) is 11.6 Å². The molecule has 8 nitrogen and oxygen atoms in total. The SMILES string of the molecule is O=C(c1ccccc1Cl)N1CCN(C(=NC2(C(=O)O)CC2)c2ncccn2)CC1. The highest BCUT2D eigenvalue weighted by atomic mass is 35.5. The molecular formula is C20H20ClN5O3. The Morgan fingerprint density at radius 1 is 1.00 bits per heavy atom. The summed E-state index contributed by atoms with van der Waals surface area (Å²) in [5, 5.41) is 9.96. The molecule has 2 fully saturated rings. The number of nitrogens with zero attached hydrogens (tertiary/aromatic N) is 5. The molecule has 4 rings (SSSR count). The second-order valence-corrected chi connectivity index (χ2v) is 7.51. The standard InChI is InChI=1S/C20H20ClN5O3/c21-15-5-2-1-4-14(15)18(27)26-12-10-25(11-13-26)17(16-22-8-3-9-23-16)24-20(6-7-20)19(28)29/h1-5,8-9H,6-7,10-13H2,(H,28,29). The van der Waals surface area contributed by atoms with Gasteiger partial charge in [0.15, 0.2) is 17.2 Å². The predicted octanol–water partition coefficient (Wildman–Crippen LogP) is 1.95. The predicted molar refractivity (Wildman–Crippen MR) is 107 cm³/mol. The number of hydrogen-bond acceptors (Lipinski definition) is 5. The fourth-order valence-electron chi connectivity index (χ4n) is 3.30. The number of aliphatic imine (C=N–C) groups is 1. The minimum Gasteiger partial charge on any atom is -0.479 e. The Morgan fingerprint density at radius 2 is 1.62 bits per heavy atom. The number of carboxylic acid groups (broad SMARTS) is 1. The van der Waals surface area contributed by atoms with Crippen LogP contribution in [-0.2, 0) is 4.79 Å². The van der Waals surface area contributed by atoms with Crippen molar-refractivity contribution in [3.63, 3.8) is 0 Å². The maximum atomic E-state index is 12.8. The van der Waals surface area contributed by atoms with E-state index in [9.17, 15) is 14.7 Å². The maximum absolute atomic E-state index is 12.8. The van der Waals surface area contributed by atoms with Gasteiger partial charge in [0.1, 0.15) is 0 Å².